The summed E-state index contributed by atoms with van der Waals surface area (Å²) in [6.07, 6.45) is 0. The summed E-state index contributed by atoms with van der Waals surface area (Å²) in [4.78, 5) is 4.68. The highest BCUT2D eigenvalue weighted by Gasteiger charge is 2.06. The van der Waals surface area contributed by atoms with Crippen molar-refractivity contribution in [1.29, 1.82) is 0 Å². The second-order valence-electron chi connectivity index (χ2n) is 5.35. The molecule has 2 aromatic carbocycles. The molecule has 0 radical (unpaired) electrons. The van der Waals surface area contributed by atoms with Gasteiger partial charge in [-0.25, -0.2) is 4.98 Å². The molecule has 106 valence electrons. The van der Waals surface area contributed by atoms with Crippen molar-refractivity contribution in [3.63, 3.8) is 0 Å². The van der Waals surface area contributed by atoms with Gasteiger partial charge in [-0.15, -0.1) is 11.3 Å². The van der Waals surface area contributed by atoms with E-state index < -0.39 is 0 Å². The fourth-order valence-electron chi connectivity index (χ4n) is 2.26. The first kappa shape index (κ1) is 13.8. The summed E-state index contributed by atoms with van der Waals surface area (Å²) in [5.74, 6) is 0. The van der Waals surface area contributed by atoms with E-state index in [2.05, 4.69) is 78.9 Å². The highest BCUT2D eigenvalue weighted by atomic mass is 32.1. The number of rotatable bonds is 3. The number of aryl methyl sites for hydroxylation is 3. The first-order valence-electron chi connectivity index (χ1n) is 6.99. The highest BCUT2D eigenvalue weighted by molar-refractivity contribution is 7.14. The smallest absolute Gasteiger partial charge is 0.187 e. The van der Waals surface area contributed by atoms with Gasteiger partial charge in [0.25, 0.3) is 0 Å². The maximum absolute atomic E-state index is 4.68. The van der Waals surface area contributed by atoms with Crippen LogP contribution in [0, 0.1) is 20.8 Å². The fraction of sp³-hybridized carbons (Fsp3) is 0.167. The van der Waals surface area contributed by atoms with E-state index in [-0.39, 0.29) is 0 Å². The zero-order valence-corrected chi connectivity index (χ0v) is 13.3. The van der Waals surface area contributed by atoms with Crippen molar-refractivity contribution in [2.45, 2.75) is 20.8 Å². The standard InChI is InChI=1S/C18H18N2S/c1-12-4-7-15(8-5-12)17-11-21-18(20-17)19-16-9-6-13(2)10-14(16)3/h4-11H,1-3H3,(H,19,20). The molecule has 0 amide bonds. The van der Waals surface area contributed by atoms with Gasteiger partial charge in [0, 0.05) is 16.6 Å². The topological polar surface area (TPSA) is 24.9 Å². The lowest BCUT2D eigenvalue weighted by atomic mass is 10.1. The molecule has 3 rings (SSSR count). The molecule has 0 atom stereocenters. The molecule has 1 N–H and O–H groups in total. The summed E-state index contributed by atoms with van der Waals surface area (Å²) in [5, 5.41) is 6.43. The number of hydrogen-bond acceptors (Lipinski definition) is 3. The lowest BCUT2D eigenvalue weighted by molar-refractivity contribution is 1.34. The summed E-state index contributed by atoms with van der Waals surface area (Å²) in [5.41, 5.74) is 7.07. The van der Waals surface area contributed by atoms with E-state index in [1.165, 1.54) is 16.7 Å². The van der Waals surface area contributed by atoms with Crippen LogP contribution in [0.15, 0.2) is 47.8 Å². The van der Waals surface area contributed by atoms with Crippen molar-refractivity contribution in [2.75, 3.05) is 5.32 Å². The Kier molecular flexibility index (Phi) is 3.76. The van der Waals surface area contributed by atoms with E-state index in [1.54, 1.807) is 11.3 Å². The molecule has 0 unspecified atom stereocenters. The number of nitrogens with zero attached hydrogens (tertiary/aromatic N) is 1. The Morgan fingerprint density at radius 1 is 0.905 bits per heavy atom. The third kappa shape index (κ3) is 3.14. The number of aromatic nitrogens is 1. The molecule has 3 aromatic rings. The third-order valence-electron chi connectivity index (χ3n) is 3.48. The molecule has 1 heterocycles. The summed E-state index contributed by atoms with van der Waals surface area (Å²) in [6, 6.07) is 14.9. The first-order chi connectivity index (χ1) is 10.1. The summed E-state index contributed by atoms with van der Waals surface area (Å²) < 4.78 is 0. The van der Waals surface area contributed by atoms with E-state index in [1.807, 2.05) is 0 Å². The number of nitrogens with one attached hydrogen (secondary N) is 1. The van der Waals surface area contributed by atoms with Gasteiger partial charge in [-0.1, -0.05) is 47.5 Å². The largest absolute Gasteiger partial charge is 0.331 e. The summed E-state index contributed by atoms with van der Waals surface area (Å²) in [6.45, 7) is 6.32. The van der Waals surface area contributed by atoms with E-state index in [9.17, 15) is 0 Å². The van der Waals surface area contributed by atoms with E-state index in [4.69, 9.17) is 0 Å². The Morgan fingerprint density at radius 3 is 2.33 bits per heavy atom. The predicted molar refractivity (Wildman–Crippen MR) is 91.5 cm³/mol. The van der Waals surface area contributed by atoms with Crippen molar-refractivity contribution in [3.05, 3.63) is 64.5 Å². The van der Waals surface area contributed by atoms with Crippen LogP contribution in [-0.2, 0) is 0 Å². The quantitative estimate of drug-likeness (QED) is 0.692. The molecule has 21 heavy (non-hydrogen) atoms. The van der Waals surface area contributed by atoms with Crippen LogP contribution in [0.5, 0.6) is 0 Å². The maximum atomic E-state index is 4.68. The molecule has 1 aromatic heterocycles. The molecule has 0 aliphatic carbocycles. The van der Waals surface area contributed by atoms with Crippen LogP contribution in [-0.4, -0.2) is 4.98 Å². The van der Waals surface area contributed by atoms with Gasteiger partial charge >= 0.3 is 0 Å². The van der Waals surface area contributed by atoms with Crippen LogP contribution in [0.3, 0.4) is 0 Å². The zero-order valence-electron chi connectivity index (χ0n) is 12.5. The molecule has 0 spiro atoms. The molecule has 0 saturated carbocycles. The van der Waals surface area contributed by atoms with Gasteiger partial charge in [0.05, 0.1) is 5.69 Å². The van der Waals surface area contributed by atoms with Crippen LogP contribution in [0.2, 0.25) is 0 Å². The number of thiazole rings is 1. The number of benzene rings is 2. The van der Waals surface area contributed by atoms with Gasteiger partial charge < -0.3 is 5.32 Å². The molecule has 0 aliphatic rings. The van der Waals surface area contributed by atoms with Crippen molar-refractivity contribution >= 4 is 22.2 Å². The summed E-state index contributed by atoms with van der Waals surface area (Å²) in [7, 11) is 0. The van der Waals surface area contributed by atoms with Gasteiger partial charge in [-0.3, -0.25) is 0 Å². The fourth-order valence-corrected chi connectivity index (χ4v) is 2.99. The zero-order chi connectivity index (χ0) is 14.8. The van der Waals surface area contributed by atoms with Crippen molar-refractivity contribution in [3.8, 4) is 11.3 Å². The van der Waals surface area contributed by atoms with Crippen LogP contribution < -0.4 is 5.32 Å². The normalized spacial score (nSPS) is 10.6. The van der Waals surface area contributed by atoms with Crippen LogP contribution in [0.25, 0.3) is 11.3 Å². The second-order valence-corrected chi connectivity index (χ2v) is 6.21. The SMILES string of the molecule is Cc1ccc(-c2csc(Nc3ccc(C)cc3C)n2)cc1. The Balaban J connectivity index is 1.83. The average Bonchev–Trinajstić information content (AvgIpc) is 2.91. The number of anilines is 2. The van der Waals surface area contributed by atoms with Crippen molar-refractivity contribution in [2.24, 2.45) is 0 Å². The van der Waals surface area contributed by atoms with Crippen molar-refractivity contribution < 1.29 is 0 Å². The third-order valence-corrected chi connectivity index (χ3v) is 4.23. The Morgan fingerprint density at radius 2 is 1.62 bits per heavy atom. The second kappa shape index (κ2) is 5.70. The monoisotopic (exact) mass is 294 g/mol. The molecule has 3 heteroatoms. The molecule has 0 bridgehead atoms. The lowest BCUT2D eigenvalue weighted by Crippen LogP contribution is -1.93. The molecular formula is C18H18N2S. The molecule has 0 aliphatic heterocycles. The minimum absolute atomic E-state index is 0.928. The Labute approximate surface area is 129 Å². The van der Waals surface area contributed by atoms with E-state index in [0.29, 0.717) is 0 Å². The lowest BCUT2D eigenvalue weighted by Gasteiger charge is -2.07. The molecule has 0 fully saturated rings. The Bertz CT molecular complexity index is 757. The molecule has 0 saturated heterocycles. The van der Waals surface area contributed by atoms with Gasteiger partial charge in [0.15, 0.2) is 5.13 Å². The number of hydrogen-bond donors (Lipinski definition) is 1. The minimum Gasteiger partial charge on any atom is -0.331 e. The van der Waals surface area contributed by atoms with Crippen molar-refractivity contribution in [1.82, 2.24) is 4.98 Å². The molecular weight excluding hydrogens is 276 g/mol. The van der Waals surface area contributed by atoms with Gasteiger partial charge in [0.1, 0.15) is 0 Å². The van der Waals surface area contributed by atoms with Crippen LogP contribution >= 0.6 is 11.3 Å². The van der Waals surface area contributed by atoms with Gasteiger partial charge in [0.2, 0.25) is 0 Å². The van der Waals surface area contributed by atoms with Crippen LogP contribution in [0.4, 0.5) is 10.8 Å². The predicted octanol–water partition coefficient (Wildman–Crippen LogP) is 5.48. The average molecular weight is 294 g/mol. The molecule has 2 nitrogen and oxygen atoms in total. The first-order valence-corrected chi connectivity index (χ1v) is 7.86. The van der Waals surface area contributed by atoms with Gasteiger partial charge in [-0.2, -0.15) is 0 Å². The van der Waals surface area contributed by atoms with E-state index in [0.717, 1.165) is 22.1 Å². The maximum Gasteiger partial charge on any atom is 0.187 e. The Hall–Kier alpha value is -2.13. The minimum atomic E-state index is 0.928. The van der Waals surface area contributed by atoms with E-state index >= 15 is 0 Å². The van der Waals surface area contributed by atoms with Crippen LogP contribution in [0.1, 0.15) is 16.7 Å². The summed E-state index contributed by atoms with van der Waals surface area (Å²) >= 11 is 1.63. The van der Waals surface area contributed by atoms with Gasteiger partial charge in [-0.05, 0) is 32.4 Å². The highest BCUT2D eigenvalue weighted by Crippen LogP contribution is 2.28.